The number of carbonyl (C=O) groups is 2. The Bertz CT molecular complexity index is 629. The predicted octanol–water partition coefficient (Wildman–Crippen LogP) is 2.63. The molecule has 1 aromatic rings. The van der Waals surface area contributed by atoms with E-state index >= 15 is 0 Å². The van der Waals surface area contributed by atoms with Crippen molar-refractivity contribution >= 4 is 12.2 Å². The molecule has 2 rings (SSSR count). The first kappa shape index (κ1) is 20.0. The van der Waals surface area contributed by atoms with Crippen molar-refractivity contribution in [1.29, 1.82) is 0 Å². The number of aliphatic hydroxyl groups is 1. The molecule has 1 atom stereocenters. The molecule has 2 amide bonds. The molecule has 1 heterocycles. The van der Waals surface area contributed by atoms with Crippen LogP contribution in [-0.2, 0) is 16.1 Å². The van der Waals surface area contributed by atoms with Gasteiger partial charge in [0.1, 0.15) is 17.8 Å². The normalized spacial score (nSPS) is 20.0. The Morgan fingerprint density at radius 1 is 1.27 bits per heavy atom. The van der Waals surface area contributed by atoms with Gasteiger partial charge in [0, 0.05) is 13.6 Å². The highest BCUT2D eigenvalue weighted by molar-refractivity contribution is 5.69. The maximum Gasteiger partial charge on any atom is 0.410 e. The van der Waals surface area contributed by atoms with Gasteiger partial charge in [0.15, 0.2) is 0 Å². The van der Waals surface area contributed by atoms with E-state index in [1.165, 1.54) is 9.80 Å². The van der Waals surface area contributed by atoms with Crippen LogP contribution in [0.5, 0.6) is 0 Å². The quantitative estimate of drug-likeness (QED) is 0.888. The van der Waals surface area contributed by atoms with E-state index in [2.05, 4.69) is 0 Å². The van der Waals surface area contributed by atoms with Gasteiger partial charge >= 0.3 is 12.2 Å². The summed E-state index contributed by atoms with van der Waals surface area (Å²) in [5.74, 6) is 0. The standard InChI is InChI=1S/C19H28N2O5/c1-18(2,3)26-17(23)21-11-10-19(24,14-21)13-20(4)16(22)25-12-15-8-6-5-7-9-15/h5-9,24H,10-14H2,1-4H3. The number of β-amino-alcohol motifs (C(OH)–C–C–N with tert-alkyl or cyclic N) is 1. The molecule has 0 saturated carbocycles. The highest BCUT2D eigenvalue weighted by Crippen LogP contribution is 2.24. The fourth-order valence-electron chi connectivity index (χ4n) is 2.80. The van der Waals surface area contributed by atoms with E-state index in [0.717, 1.165) is 5.56 Å². The van der Waals surface area contributed by atoms with E-state index in [0.29, 0.717) is 13.0 Å². The SMILES string of the molecule is CN(CC1(O)CCN(C(=O)OC(C)(C)C)C1)C(=O)OCc1ccccc1. The van der Waals surface area contributed by atoms with E-state index in [1.807, 2.05) is 30.3 Å². The summed E-state index contributed by atoms with van der Waals surface area (Å²) < 4.78 is 10.6. The van der Waals surface area contributed by atoms with Crippen LogP contribution < -0.4 is 0 Å². The second kappa shape index (κ2) is 7.95. The summed E-state index contributed by atoms with van der Waals surface area (Å²) in [4.78, 5) is 27.1. The van der Waals surface area contributed by atoms with Gasteiger partial charge in [-0.15, -0.1) is 0 Å². The first-order chi connectivity index (χ1) is 12.1. The highest BCUT2D eigenvalue weighted by atomic mass is 16.6. The third-order valence-electron chi connectivity index (χ3n) is 4.03. The second-order valence-corrected chi connectivity index (χ2v) is 7.77. The van der Waals surface area contributed by atoms with Gasteiger partial charge in [-0.25, -0.2) is 9.59 Å². The van der Waals surface area contributed by atoms with Gasteiger partial charge in [0.2, 0.25) is 0 Å². The molecule has 0 bridgehead atoms. The van der Waals surface area contributed by atoms with Crippen LogP contribution >= 0.6 is 0 Å². The summed E-state index contributed by atoms with van der Waals surface area (Å²) in [5, 5.41) is 10.7. The van der Waals surface area contributed by atoms with Crippen molar-refractivity contribution in [3.8, 4) is 0 Å². The number of hydrogen-bond donors (Lipinski definition) is 1. The fourth-order valence-corrected chi connectivity index (χ4v) is 2.80. The Morgan fingerprint density at radius 2 is 1.92 bits per heavy atom. The summed E-state index contributed by atoms with van der Waals surface area (Å²) in [5.41, 5.74) is -0.863. The number of carbonyl (C=O) groups excluding carboxylic acids is 2. The van der Waals surface area contributed by atoms with E-state index in [9.17, 15) is 14.7 Å². The number of rotatable bonds is 4. The molecule has 1 N–H and O–H groups in total. The lowest BCUT2D eigenvalue weighted by Crippen LogP contribution is -2.47. The first-order valence-corrected chi connectivity index (χ1v) is 8.70. The third kappa shape index (κ3) is 5.91. The zero-order valence-electron chi connectivity index (χ0n) is 15.9. The van der Waals surface area contributed by atoms with Gasteiger partial charge in [-0.1, -0.05) is 30.3 Å². The van der Waals surface area contributed by atoms with Gasteiger partial charge in [-0.05, 0) is 32.8 Å². The molecule has 26 heavy (non-hydrogen) atoms. The van der Waals surface area contributed by atoms with Crippen molar-refractivity contribution in [2.45, 2.75) is 45.0 Å². The zero-order chi connectivity index (χ0) is 19.4. The van der Waals surface area contributed by atoms with Gasteiger partial charge in [0.25, 0.3) is 0 Å². The summed E-state index contributed by atoms with van der Waals surface area (Å²) in [6.45, 7) is 6.15. The number of nitrogens with zero attached hydrogens (tertiary/aromatic N) is 2. The minimum atomic E-state index is -1.17. The Hall–Kier alpha value is -2.28. The van der Waals surface area contributed by atoms with Crippen LogP contribution in [0.2, 0.25) is 0 Å². The van der Waals surface area contributed by atoms with Crippen LogP contribution in [0.1, 0.15) is 32.8 Å². The van der Waals surface area contributed by atoms with Gasteiger partial charge in [0.05, 0.1) is 13.1 Å². The molecule has 0 aromatic heterocycles. The molecule has 144 valence electrons. The summed E-state index contributed by atoms with van der Waals surface area (Å²) in [7, 11) is 1.57. The molecule has 7 nitrogen and oxygen atoms in total. The topological polar surface area (TPSA) is 79.3 Å². The Morgan fingerprint density at radius 3 is 2.54 bits per heavy atom. The molecule has 0 aliphatic carbocycles. The van der Waals surface area contributed by atoms with Crippen molar-refractivity contribution in [3.63, 3.8) is 0 Å². The van der Waals surface area contributed by atoms with Crippen LogP contribution in [-0.4, -0.2) is 65.0 Å². The van der Waals surface area contributed by atoms with E-state index < -0.39 is 23.4 Å². The maximum absolute atomic E-state index is 12.1. The zero-order valence-corrected chi connectivity index (χ0v) is 15.9. The summed E-state index contributed by atoms with van der Waals surface area (Å²) in [6.07, 6.45) is -0.594. The molecule has 7 heteroatoms. The minimum absolute atomic E-state index is 0.0833. The molecular formula is C19H28N2O5. The number of hydrogen-bond acceptors (Lipinski definition) is 5. The number of likely N-dealkylation sites (tertiary alicyclic amines) is 1. The molecular weight excluding hydrogens is 336 g/mol. The average molecular weight is 364 g/mol. The van der Waals surface area contributed by atoms with Crippen LogP contribution in [0, 0.1) is 0 Å². The predicted molar refractivity (Wildman–Crippen MR) is 96.6 cm³/mol. The van der Waals surface area contributed by atoms with Crippen molar-refractivity contribution in [3.05, 3.63) is 35.9 Å². The maximum atomic E-state index is 12.1. The monoisotopic (exact) mass is 364 g/mol. The lowest BCUT2D eigenvalue weighted by molar-refractivity contribution is 0.00205. The van der Waals surface area contributed by atoms with Crippen molar-refractivity contribution in [2.24, 2.45) is 0 Å². The molecule has 0 spiro atoms. The number of likely N-dealkylation sites (N-methyl/N-ethyl adjacent to an activating group) is 1. The molecule has 1 aliphatic heterocycles. The Kier molecular flexibility index (Phi) is 6.13. The third-order valence-corrected chi connectivity index (χ3v) is 4.03. The van der Waals surface area contributed by atoms with Crippen LogP contribution in [0.3, 0.4) is 0 Å². The van der Waals surface area contributed by atoms with Crippen LogP contribution in [0.25, 0.3) is 0 Å². The van der Waals surface area contributed by atoms with E-state index in [4.69, 9.17) is 9.47 Å². The lowest BCUT2D eigenvalue weighted by Gasteiger charge is -2.29. The molecule has 1 aromatic carbocycles. The molecule has 1 aliphatic rings. The Balaban J connectivity index is 1.83. The van der Waals surface area contributed by atoms with Gasteiger partial charge in [-0.2, -0.15) is 0 Å². The van der Waals surface area contributed by atoms with Crippen molar-refractivity contribution in [1.82, 2.24) is 9.80 Å². The summed E-state index contributed by atoms with van der Waals surface area (Å²) in [6, 6.07) is 9.38. The lowest BCUT2D eigenvalue weighted by atomic mass is 10.0. The van der Waals surface area contributed by atoms with Crippen LogP contribution in [0.15, 0.2) is 30.3 Å². The smallest absolute Gasteiger partial charge is 0.410 e. The number of benzene rings is 1. The minimum Gasteiger partial charge on any atom is -0.445 e. The molecule has 1 fully saturated rings. The summed E-state index contributed by atoms with van der Waals surface area (Å²) >= 11 is 0. The van der Waals surface area contributed by atoms with Gasteiger partial charge in [-0.3, -0.25) is 0 Å². The average Bonchev–Trinajstić information content (AvgIpc) is 2.94. The Labute approximate surface area is 154 Å². The van der Waals surface area contributed by atoms with Gasteiger partial charge < -0.3 is 24.4 Å². The van der Waals surface area contributed by atoms with Crippen molar-refractivity contribution < 1.29 is 24.2 Å². The fraction of sp³-hybridized carbons (Fsp3) is 0.579. The largest absolute Gasteiger partial charge is 0.445 e. The first-order valence-electron chi connectivity index (χ1n) is 8.70. The number of amides is 2. The van der Waals surface area contributed by atoms with Crippen LogP contribution in [0.4, 0.5) is 9.59 Å². The molecule has 1 saturated heterocycles. The highest BCUT2D eigenvalue weighted by Gasteiger charge is 2.41. The second-order valence-electron chi connectivity index (χ2n) is 7.77. The molecule has 1 unspecified atom stereocenters. The van der Waals surface area contributed by atoms with E-state index in [1.54, 1.807) is 27.8 Å². The number of ether oxygens (including phenoxy) is 2. The van der Waals surface area contributed by atoms with Crippen molar-refractivity contribution in [2.75, 3.05) is 26.7 Å². The molecule has 0 radical (unpaired) electrons. The van der Waals surface area contributed by atoms with E-state index in [-0.39, 0.29) is 19.7 Å².